The van der Waals surface area contributed by atoms with Crippen LogP contribution in [0.1, 0.15) is 48.1 Å². The minimum absolute atomic E-state index is 0.284. The van der Waals surface area contributed by atoms with Crippen LogP contribution in [0.4, 0.5) is 0 Å². The first-order chi connectivity index (χ1) is 7.50. The molecule has 1 aromatic rings. The van der Waals surface area contributed by atoms with E-state index in [4.69, 9.17) is 0 Å². The van der Waals surface area contributed by atoms with E-state index in [2.05, 4.69) is 39.8 Å². The second-order valence-electron chi connectivity index (χ2n) is 5.45. The highest BCUT2D eigenvalue weighted by atomic mass is 16.3. The van der Waals surface area contributed by atoms with Crippen molar-refractivity contribution in [2.75, 3.05) is 0 Å². The molecule has 0 amide bonds. The van der Waals surface area contributed by atoms with E-state index in [-0.39, 0.29) is 6.10 Å². The third-order valence-electron chi connectivity index (χ3n) is 3.90. The minimum atomic E-state index is -0.284. The van der Waals surface area contributed by atoms with Gasteiger partial charge in [-0.3, -0.25) is 0 Å². The number of aliphatic hydroxyl groups excluding tert-OH is 1. The molecule has 16 heavy (non-hydrogen) atoms. The third-order valence-corrected chi connectivity index (χ3v) is 3.90. The number of benzene rings is 1. The highest BCUT2D eigenvalue weighted by Crippen LogP contribution is 2.43. The second-order valence-corrected chi connectivity index (χ2v) is 5.45. The van der Waals surface area contributed by atoms with Gasteiger partial charge in [-0.25, -0.2) is 0 Å². The average molecular weight is 218 g/mol. The van der Waals surface area contributed by atoms with Crippen LogP contribution in [0.25, 0.3) is 0 Å². The molecule has 0 aliphatic heterocycles. The van der Waals surface area contributed by atoms with Crippen LogP contribution < -0.4 is 0 Å². The maximum atomic E-state index is 10.5. The fourth-order valence-electron chi connectivity index (χ4n) is 2.80. The minimum Gasteiger partial charge on any atom is -0.388 e. The molecule has 1 nitrogen and oxygen atoms in total. The van der Waals surface area contributed by atoms with E-state index in [0.717, 1.165) is 11.5 Å². The molecular weight excluding hydrogens is 196 g/mol. The lowest BCUT2D eigenvalue weighted by Crippen LogP contribution is -2.14. The van der Waals surface area contributed by atoms with Gasteiger partial charge in [-0.1, -0.05) is 24.6 Å². The molecule has 0 bridgehead atoms. The Morgan fingerprint density at radius 3 is 2.06 bits per heavy atom. The van der Waals surface area contributed by atoms with E-state index in [1.165, 1.54) is 29.5 Å². The quantitative estimate of drug-likeness (QED) is 0.820. The van der Waals surface area contributed by atoms with Crippen LogP contribution in [0.15, 0.2) is 12.1 Å². The van der Waals surface area contributed by atoms with Crippen molar-refractivity contribution in [3.05, 3.63) is 34.4 Å². The van der Waals surface area contributed by atoms with Crippen LogP contribution in [-0.4, -0.2) is 5.11 Å². The molecule has 1 heteroatoms. The monoisotopic (exact) mass is 218 g/mol. The molecule has 88 valence electrons. The third kappa shape index (κ3) is 2.15. The summed E-state index contributed by atoms with van der Waals surface area (Å²) >= 11 is 0. The predicted molar refractivity (Wildman–Crippen MR) is 67.5 cm³/mol. The first-order valence-electron chi connectivity index (χ1n) is 6.26. The summed E-state index contributed by atoms with van der Waals surface area (Å²) in [5.74, 6) is 1.15. The summed E-state index contributed by atoms with van der Waals surface area (Å²) in [5, 5.41) is 10.5. The topological polar surface area (TPSA) is 20.2 Å². The molecule has 0 spiro atoms. The highest BCUT2D eigenvalue weighted by Gasteiger charge is 2.34. The summed E-state index contributed by atoms with van der Waals surface area (Å²) in [7, 11) is 0. The summed E-state index contributed by atoms with van der Waals surface area (Å²) in [4.78, 5) is 0. The normalized spacial score (nSPS) is 19.6. The molecule has 1 fully saturated rings. The van der Waals surface area contributed by atoms with Crippen molar-refractivity contribution in [1.82, 2.24) is 0 Å². The number of aliphatic hydroxyl groups is 1. The molecule has 0 radical (unpaired) electrons. The summed E-state index contributed by atoms with van der Waals surface area (Å²) in [6.07, 6.45) is 2.30. The second kappa shape index (κ2) is 4.21. The van der Waals surface area contributed by atoms with Crippen LogP contribution >= 0.6 is 0 Å². The highest BCUT2D eigenvalue weighted by molar-refractivity contribution is 5.39. The zero-order valence-electron chi connectivity index (χ0n) is 10.7. The Kier molecular flexibility index (Phi) is 3.07. The largest absolute Gasteiger partial charge is 0.388 e. The average Bonchev–Trinajstić information content (AvgIpc) is 2.97. The van der Waals surface area contributed by atoms with Gasteiger partial charge in [0, 0.05) is 0 Å². The fourth-order valence-corrected chi connectivity index (χ4v) is 2.80. The molecule has 1 saturated carbocycles. The van der Waals surface area contributed by atoms with E-state index in [1.54, 1.807) is 0 Å². The van der Waals surface area contributed by atoms with Gasteiger partial charge in [0.2, 0.25) is 0 Å². The van der Waals surface area contributed by atoms with E-state index in [9.17, 15) is 5.11 Å². The van der Waals surface area contributed by atoms with Gasteiger partial charge in [0.25, 0.3) is 0 Å². The van der Waals surface area contributed by atoms with E-state index in [0.29, 0.717) is 5.92 Å². The Bertz CT molecular complexity index is 367. The van der Waals surface area contributed by atoms with Crippen LogP contribution in [-0.2, 0) is 0 Å². The number of hydrogen-bond donors (Lipinski definition) is 1. The van der Waals surface area contributed by atoms with Crippen LogP contribution in [0, 0.1) is 32.6 Å². The van der Waals surface area contributed by atoms with E-state index in [1.807, 2.05) is 0 Å². The lowest BCUT2D eigenvalue weighted by molar-refractivity contribution is 0.104. The van der Waals surface area contributed by atoms with Gasteiger partial charge >= 0.3 is 0 Å². The molecule has 1 aromatic carbocycles. The van der Waals surface area contributed by atoms with Crippen molar-refractivity contribution < 1.29 is 5.11 Å². The smallest absolute Gasteiger partial charge is 0.0823 e. The van der Waals surface area contributed by atoms with Crippen molar-refractivity contribution in [1.29, 1.82) is 0 Å². The maximum Gasteiger partial charge on any atom is 0.0823 e. The summed E-state index contributed by atoms with van der Waals surface area (Å²) in [6, 6.07) is 4.34. The Hall–Kier alpha value is -0.820. The van der Waals surface area contributed by atoms with Crippen molar-refractivity contribution >= 4 is 0 Å². The van der Waals surface area contributed by atoms with Gasteiger partial charge in [-0.15, -0.1) is 0 Å². The lowest BCUT2D eigenvalue weighted by atomic mass is 9.87. The zero-order chi connectivity index (χ0) is 11.9. The molecule has 2 rings (SSSR count). The molecule has 1 aliphatic rings. The molecule has 1 N–H and O–H groups in total. The number of rotatable bonds is 3. The maximum absolute atomic E-state index is 10.5. The van der Waals surface area contributed by atoms with Crippen molar-refractivity contribution in [3.63, 3.8) is 0 Å². The van der Waals surface area contributed by atoms with Crippen molar-refractivity contribution in [2.24, 2.45) is 11.8 Å². The molecule has 2 unspecified atom stereocenters. The van der Waals surface area contributed by atoms with Gasteiger partial charge in [0.05, 0.1) is 6.10 Å². The van der Waals surface area contributed by atoms with Crippen LogP contribution in [0.5, 0.6) is 0 Å². The predicted octanol–water partition coefficient (Wildman–Crippen LogP) is 3.69. The Morgan fingerprint density at radius 2 is 1.62 bits per heavy atom. The Morgan fingerprint density at radius 1 is 1.12 bits per heavy atom. The van der Waals surface area contributed by atoms with Gasteiger partial charge in [-0.05, 0) is 62.1 Å². The Labute approximate surface area is 98.5 Å². The zero-order valence-corrected chi connectivity index (χ0v) is 10.7. The first kappa shape index (κ1) is 11.7. The molecule has 0 aromatic heterocycles. The van der Waals surface area contributed by atoms with Gasteiger partial charge in [-0.2, -0.15) is 0 Å². The van der Waals surface area contributed by atoms with Gasteiger partial charge in [0.15, 0.2) is 0 Å². The van der Waals surface area contributed by atoms with Gasteiger partial charge in [0.1, 0.15) is 0 Å². The molecule has 0 saturated heterocycles. The number of hydrogen-bond acceptors (Lipinski definition) is 1. The first-order valence-corrected chi connectivity index (χ1v) is 6.26. The van der Waals surface area contributed by atoms with Gasteiger partial charge < -0.3 is 5.11 Å². The molecular formula is C15H22O. The van der Waals surface area contributed by atoms with Crippen LogP contribution in [0.2, 0.25) is 0 Å². The van der Waals surface area contributed by atoms with E-state index >= 15 is 0 Å². The SMILES string of the molecule is Cc1cc(C)c(C(O)C(C)C2CC2)c(C)c1. The summed E-state index contributed by atoms with van der Waals surface area (Å²) in [6.45, 7) is 8.51. The molecule has 1 aliphatic carbocycles. The lowest BCUT2D eigenvalue weighted by Gasteiger charge is -2.23. The Balaban J connectivity index is 2.31. The summed E-state index contributed by atoms with van der Waals surface area (Å²) in [5.41, 5.74) is 4.91. The molecule has 2 atom stereocenters. The molecule has 0 heterocycles. The van der Waals surface area contributed by atoms with E-state index < -0.39 is 0 Å². The standard InChI is InChI=1S/C15H22O/c1-9-7-10(2)14(11(3)8-9)15(16)12(4)13-5-6-13/h7-8,12-13,15-16H,5-6H2,1-4H3. The van der Waals surface area contributed by atoms with Crippen molar-refractivity contribution in [2.45, 2.75) is 46.6 Å². The summed E-state index contributed by atoms with van der Waals surface area (Å²) < 4.78 is 0. The number of aryl methyl sites for hydroxylation is 3. The fraction of sp³-hybridized carbons (Fsp3) is 0.600. The van der Waals surface area contributed by atoms with Crippen LogP contribution in [0.3, 0.4) is 0 Å². The van der Waals surface area contributed by atoms with Crippen molar-refractivity contribution in [3.8, 4) is 0 Å².